The molecule has 14 rings (SSSR count). The van der Waals surface area contributed by atoms with Crippen molar-refractivity contribution in [2.45, 2.75) is 126 Å². The summed E-state index contributed by atoms with van der Waals surface area (Å²) in [5.74, 6) is -1.67. The largest absolute Gasteiger partial charge is 0.461 e. The number of imide groups is 2. The molecule has 90 heavy (non-hydrogen) atoms. The minimum Gasteiger partial charge on any atom is -0.461 e. The molecule has 0 saturated carbocycles. The van der Waals surface area contributed by atoms with Crippen LogP contribution in [0.1, 0.15) is 179 Å². The SMILES string of the molecule is C=C(C)C(=O)Oc1cc(C(C)C)c(N2C(=O)c3ccc4c5c(ccc(c35)C2=O)-c2cc3cc(CCc5cc6cc7c(cc6cc5C)-c5ccc6c8c(ccc-7c58)C(=O)N(c5c(C(C)C)cc(OC(O)C(=C)C)cc5C(C)C)C6=O)c(C)cc3cc2-4)c(C(C)C)c1. The number of carbonyl (C=O) groups is 5. The maximum absolute atomic E-state index is 15.0. The van der Waals surface area contributed by atoms with E-state index in [-0.39, 0.29) is 52.9 Å². The van der Waals surface area contributed by atoms with Gasteiger partial charge in [0.15, 0.2) is 0 Å². The Morgan fingerprint density at radius 3 is 1.01 bits per heavy atom. The van der Waals surface area contributed by atoms with Crippen LogP contribution < -0.4 is 19.3 Å². The van der Waals surface area contributed by atoms with E-state index >= 15 is 19.2 Å². The van der Waals surface area contributed by atoms with E-state index in [9.17, 15) is 9.90 Å². The zero-order chi connectivity index (χ0) is 63.5. The lowest BCUT2D eigenvalue weighted by molar-refractivity contribution is -0.130. The lowest BCUT2D eigenvalue weighted by atomic mass is 9.87. The molecule has 0 bridgehead atoms. The number of anilines is 2. The van der Waals surface area contributed by atoms with Crippen molar-refractivity contribution in [1.82, 2.24) is 0 Å². The van der Waals surface area contributed by atoms with Gasteiger partial charge in [-0.05, 0) is 264 Å². The molecular formula is C80H70N2O8. The van der Waals surface area contributed by atoms with E-state index in [1.807, 2.05) is 116 Å². The topological polar surface area (TPSA) is 131 Å². The fraction of sp³-hybridized carbons (Fsp3) is 0.237. The molecule has 10 heteroatoms. The maximum Gasteiger partial charge on any atom is 0.338 e. The molecule has 0 fully saturated rings. The number of aryl methyl sites for hydroxylation is 4. The molecule has 0 saturated heterocycles. The summed E-state index contributed by atoms with van der Waals surface area (Å²) in [5, 5.41) is 18.3. The average molecular weight is 1190 g/mol. The minimum absolute atomic E-state index is 0.0882. The van der Waals surface area contributed by atoms with Crippen molar-refractivity contribution in [3.63, 3.8) is 0 Å². The Balaban J connectivity index is 0.760. The molecule has 0 spiro atoms. The highest BCUT2D eigenvalue weighted by molar-refractivity contribution is 6.40. The van der Waals surface area contributed by atoms with Crippen molar-refractivity contribution in [1.29, 1.82) is 0 Å². The van der Waals surface area contributed by atoms with Gasteiger partial charge in [0, 0.05) is 38.6 Å². The van der Waals surface area contributed by atoms with Gasteiger partial charge in [0.25, 0.3) is 23.6 Å². The van der Waals surface area contributed by atoms with Gasteiger partial charge in [-0.1, -0.05) is 117 Å². The van der Waals surface area contributed by atoms with E-state index in [0.29, 0.717) is 61.5 Å². The molecule has 2 aliphatic carbocycles. The number of rotatable bonds is 14. The van der Waals surface area contributed by atoms with Crippen molar-refractivity contribution in [3.05, 3.63) is 212 Å². The van der Waals surface area contributed by atoms with Gasteiger partial charge in [-0.3, -0.25) is 19.2 Å². The number of hydrogen-bond acceptors (Lipinski definition) is 8. The van der Waals surface area contributed by atoms with Crippen LogP contribution in [0.3, 0.4) is 0 Å². The molecule has 448 valence electrons. The van der Waals surface area contributed by atoms with Gasteiger partial charge >= 0.3 is 5.97 Å². The van der Waals surface area contributed by atoms with Gasteiger partial charge in [0.2, 0.25) is 6.29 Å². The van der Waals surface area contributed by atoms with E-state index in [2.05, 4.69) is 75.5 Å². The third-order valence-corrected chi connectivity index (χ3v) is 19.2. The third-order valence-electron chi connectivity index (χ3n) is 19.2. The van der Waals surface area contributed by atoms with E-state index in [1.54, 1.807) is 26.0 Å². The molecule has 4 aliphatic rings. The summed E-state index contributed by atoms with van der Waals surface area (Å²) in [4.78, 5) is 75.5. The van der Waals surface area contributed by atoms with E-state index in [4.69, 9.17) is 9.47 Å². The minimum atomic E-state index is -1.20. The van der Waals surface area contributed by atoms with Gasteiger partial charge in [0.05, 0.1) is 11.4 Å². The van der Waals surface area contributed by atoms with Crippen molar-refractivity contribution < 1.29 is 38.6 Å². The summed E-state index contributed by atoms with van der Waals surface area (Å²) >= 11 is 0. The lowest BCUT2D eigenvalue weighted by Crippen LogP contribution is -2.41. The first-order valence-corrected chi connectivity index (χ1v) is 31.3. The fourth-order valence-electron chi connectivity index (χ4n) is 14.5. The Morgan fingerprint density at radius 1 is 0.422 bits per heavy atom. The molecule has 1 N–H and O–H groups in total. The molecule has 1 atom stereocenters. The fourth-order valence-corrected chi connectivity index (χ4v) is 14.5. The Labute approximate surface area is 524 Å². The number of benzene rings is 10. The highest BCUT2D eigenvalue weighted by atomic mass is 16.6. The first-order valence-electron chi connectivity index (χ1n) is 31.3. The predicted octanol–water partition coefficient (Wildman–Crippen LogP) is 18.8. The van der Waals surface area contributed by atoms with Crippen LogP contribution in [-0.4, -0.2) is 41.0 Å². The lowest BCUT2D eigenvalue weighted by Gasteiger charge is -2.33. The molecular weight excluding hydrogens is 1120 g/mol. The van der Waals surface area contributed by atoms with Crippen LogP contribution in [0.2, 0.25) is 0 Å². The second-order valence-electron chi connectivity index (χ2n) is 26.6. The van der Waals surface area contributed by atoms with Gasteiger partial charge in [-0.25, -0.2) is 14.6 Å². The van der Waals surface area contributed by atoms with Crippen molar-refractivity contribution in [2.24, 2.45) is 0 Å². The first kappa shape index (κ1) is 57.9. The van der Waals surface area contributed by atoms with Crippen LogP contribution in [-0.2, 0) is 17.6 Å². The summed E-state index contributed by atoms with van der Waals surface area (Å²) in [7, 11) is 0. The van der Waals surface area contributed by atoms with Gasteiger partial charge in [-0.2, -0.15) is 0 Å². The Bertz CT molecular complexity index is 4910. The van der Waals surface area contributed by atoms with E-state index < -0.39 is 12.3 Å². The number of fused-ring (bicyclic) bond motifs is 8. The van der Waals surface area contributed by atoms with Crippen molar-refractivity contribution in [3.8, 4) is 56.0 Å². The average Bonchev–Trinajstić information content (AvgIpc) is 1.44. The molecule has 4 amide bonds. The second kappa shape index (κ2) is 20.9. The number of nitrogens with zero attached hydrogens (tertiary/aromatic N) is 2. The van der Waals surface area contributed by atoms with Gasteiger partial charge in [-0.15, -0.1) is 0 Å². The first-order chi connectivity index (χ1) is 42.9. The predicted molar refractivity (Wildman–Crippen MR) is 362 cm³/mol. The highest BCUT2D eigenvalue weighted by Crippen LogP contribution is 2.55. The molecule has 10 nitrogen and oxygen atoms in total. The van der Waals surface area contributed by atoms with Crippen LogP contribution in [0.15, 0.2) is 146 Å². The molecule has 10 aromatic rings. The van der Waals surface area contributed by atoms with Crippen LogP contribution in [0.25, 0.3) is 87.6 Å². The molecule has 0 aromatic heterocycles. The van der Waals surface area contributed by atoms with E-state index in [1.165, 1.54) is 32.1 Å². The smallest absolute Gasteiger partial charge is 0.338 e. The van der Waals surface area contributed by atoms with Crippen molar-refractivity contribution >= 4 is 84.1 Å². The Morgan fingerprint density at radius 2 is 0.711 bits per heavy atom. The molecule has 2 heterocycles. The molecule has 2 aliphatic heterocycles. The molecule has 0 radical (unpaired) electrons. The summed E-state index contributed by atoms with van der Waals surface area (Å²) in [6, 6.07) is 41.2. The Hall–Kier alpha value is -9.77. The van der Waals surface area contributed by atoms with Crippen molar-refractivity contribution in [2.75, 3.05) is 9.80 Å². The summed E-state index contributed by atoms with van der Waals surface area (Å²) in [5.41, 5.74) is 19.9. The number of carbonyl (C=O) groups excluding carboxylic acids is 5. The molecule has 10 aromatic carbocycles. The number of amides is 4. The number of hydrogen-bond donors (Lipinski definition) is 1. The zero-order valence-corrected chi connectivity index (χ0v) is 53.0. The second-order valence-corrected chi connectivity index (χ2v) is 26.6. The molecule has 1 unspecified atom stereocenters. The van der Waals surface area contributed by atoms with Crippen LogP contribution in [0, 0.1) is 13.8 Å². The van der Waals surface area contributed by atoms with Crippen LogP contribution >= 0.6 is 0 Å². The number of aliphatic hydroxyl groups excluding tert-OH is 1. The quantitative estimate of drug-likeness (QED) is 0.0284. The number of aliphatic hydroxyl groups is 1. The summed E-state index contributed by atoms with van der Waals surface area (Å²) in [6.45, 7) is 31.4. The van der Waals surface area contributed by atoms with E-state index in [0.717, 1.165) is 112 Å². The summed E-state index contributed by atoms with van der Waals surface area (Å²) in [6.07, 6.45) is 0.438. The number of ether oxygens (including phenoxy) is 2. The number of esters is 1. The Kier molecular flexibility index (Phi) is 13.5. The van der Waals surface area contributed by atoms with Crippen LogP contribution in [0.5, 0.6) is 11.5 Å². The van der Waals surface area contributed by atoms with Gasteiger partial charge < -0.3 is 14.6 Å². The van der Waals surface area contributed by atoms with Gasteiger partial charge in [0.1, 0.15) is 11.5 Å². The normalized spacial score (nSPS) is 14.0. The maximum atomic E-state index is 15.0. The third kappa shape index (κ3) is 8.73. The standard InChI is InChI=1S/C80H70N2O8/c1-37(2)61-33-51(89-79(87)41(9)10)34-62(38(3)4)73(61)81-75(83)57-21-17-53-65-29-47-25-43(13)45(27-49(47)31-67(65)55-19-23-59(77(81)85)71(57)69(53)55)15-16-46-28-50-32-68-56-20-24-60-72-58(22-18-54(70(56)72)66(68)30-48(50)26-44(46)14)76(84)82(78(60)86)74-63(39(5)6)35-52(36-64(74)40(7)8)90-80(88)42(11)12/h17-40,79,87H,9,11,15-16H2,1-8,10,12-14H3. The highest BCUT2D eigenvalue weighted by Gasteiger charge is 2.42. The van der Waals surface area contributed by atoms with Crippen LogP contribution in [0.4, 0.5) is 11.4 Å². The monoisotopic (exact) mass is 1190 g/mol. The summed E-state index contributed by atoms with van der Waals surface area (Å²) < 4.78 is 11.7. The zero-order valence-electron chi connectivity index (χ0n) is 53.0.